The van der Waals surface area contributed by atoms with Crippen molar-refractivity contribution in [2.45, 2.75) is 82.2 Å². The molecule has 3 nitrogen and oxygen atoms in total. The van der Waals surface area contributed by atoms with Crippen molar-refractivity contribution in [3.05, 3.63) is 0 Å². The van der Waals surface area contributed by atoms with Gasteiger partial charge in [0.05, 0.1) is 0 Å². The van der Waals surface area contributed by atoms with Crippen LogP contribution in [-0.4, -0.2) is 22.2 Å². The number of hydrogen-bond donors (Lipinski definition) is 1. The van der Waals surface area contributed by atoms with E-state index in [2.05, 4.69) is 34.8 Å². The van der Waals surface area contributed by atoms with Crippen LogP contribution in [0, 0.1) is 0 Å². The molecule has 1 unspecified atom stereocenters. The van der Waals surface area contributed by atoms with Crippen LogP contribution in [0.25, 0.3) is 0 Å². The van der Waals surface area contributed by atoms with Crippen LogP contribution in [0.3, 0.4) is 0 Å². The lowest BCUT2D eigenvalue weighted by molar-refractivity contribution is 0.0527. The van der Waals surface area contributed by atoms with E-state index < -0.39 is 5.60 Å². The third-order valence-electron chi connectivity index (χ3n) is 2.73. The lowest BCUT2D eigenvalue weighted by Gasteiger charge is -2.19. The number of ether oxygens (including phenoxy) is 1. The summed E-state index contributed by atoms with van der Waals surface area (Å²) in [6, 6.07) is 0. The molecule has 0 aromatic carbocycles. The van der Waals surface area contributed by atoms with Gasteiger partial charge in [0, 0.05) is 10.5 Å². The number of rotatable bonds is 9. The lowest BCUT2D eigenvalue weighted by atomic mass is 10.1. The van der Waals surface area contributed by atoms with E-state index in [1.165, 1.54) is 38.5 Å². The van der Waals surface area contributed by atoms with E-state index in [1.54, 1.807) is 0 Å². The summed E-state index contributed by atoms with van der Waals surface area (Å²) in [5, 5.41) is 2.80. The number of amides is 1. The Morgan fingerprint density at radius 2 is 1.79 bits per heavy atom. The van der Waals surface area contributed by atoms with Crippen LogP contribution in [0.2, 0.25) is 0 Å². The third-order valence-corrected chi connectivity index (χ3v) is 3.98. The van der Waals surface area contributed by atoms with Crippen LogP contribution >= 0.6 is 22.6 Å². The second-order valence-corrected chi connectivity index (χ2v) is 7.78. The summed E-state index contributed by atoms with van der Waals surface area (Å²) in [5.74, 6) is 0. The third kappa shape index (κ3) is 14.2. The summed E-state index contributed by atoms with van der Waals surface area (Å²) < 4.78 is 5.99. The molecule has 0 aromatic rings. The molecular weight excluding hydrogens is 353 g/mol. The number of carbonyl (C=O) groups excluding carboxylic acids is 1. The monoisotopic (exact) mass is 383 g/mol. The highest BCUT2D eigenvalue weighted by Gasteiger charge is 2.15. The Morgan fingerprint density at radius 1 is 1.16 bits per heavy atom. The zero-order valence-electron chi connectivity index (χ0n) is 12.9. The first-order chi connectivity index (χ1) is 8.85. The molecule has 1 atom stereocenters. The van der Waals surface area contributed by atoms with Crippen molar-refractivity contribution < 1.29 is 9.53 Å². The molecule has 0 saturated carbocycles. The van der Waals surface area contributed by atoms with Crippen LogP contribution in [0.5, 0.6) is 0 Å². The first kappa shape index (κ1) is 19.0. The largest absolute Gasteiger partial charge is 0.444 e. The fraction of sp³-hybridized carbons (Fsp3) is 0.933. The van der Waals surface area contributed by atoms with Crippen LogP contribution in [0.1, 0.15) is 72.6 Å². The Labute approximate surface area is 132 Å². The van der Waals surface area contributed by atoms with Crippen LogP contribution < -0.4 is 5.32 Å². The molecule has 0 radical (unpaired) electrons. The summed E-state index contributed by atoms with van der Waals surface area (Å²) in [5.41, 5.74) is -0.405. The molecule has 0 heterocycles. The quantitative estimate of drug-likeness (QED) is 0.343. The van der Waals surface area contributed by atoms with Gasteiger partial charge in [0.1, 0.15) is 5.60 Å². The van der Waals surface area contributed by atoms with Gasteiger partial charge < -0.3 is 10.1 Å². The Bertz CT molecular complexity index is 239. The highest BCUT2D eigenvalue weighted by atomic mass is 127. The maximum absolute atomic E-state index is 11.4. The minimum Gasteiger partial charge on any atom is -0.444 e. The molecule has 0 aliphatic heterocycles. The molecule has 0 rings (SSSR count). The molecule has 114 valence electrons. The smallest absolute Gasteiger partial charge is 0.407 e. The zero-order valence-corrected chi connectivity index (χ0v) is 15.1. The Kier molecular flexibility index (Phi) is 10.7. The van der Waals surface area contributed by atoms with E-state index in [0.717, 1.165) is 16.9 Å². The molecule has 0 saturated heterocycles. The first-order valence-corrected chi connectivity index (χ1v) is 8.70. The minimum atomic E-state index is -0.405. The first-order valence-electron chi connectivity index (χ1n) is 7.46. The molecule has 19 heavy (non-hydrogen) atoms. The maximum Gasteiger partial charge on any atom is 0.407 e. The van der Waals surface area contributed by atoms with E-state index >= 15 is 0 Å². The van der Waals surface area contributed by atoms with Gasteiger partial charge in [-0.25, -0.2) is 4.79 Å². The van der Waals surface area contributed by atoms with Crippen molar-refractivity contribution in [2.75, 3.05) is 6.54 Å². The fourth-order valence-corrected chi connectivity index (χ4v) is 2.62. The summed E-state index contributed by atoms with van der Waals surface area (Å²) >= 11 is 2.56. The average Bonchev–Trinajstić information content (AvgIpc) is 2.28. The summed E-state index contributed by atoms with van der Waals surface area (Å²) in [4.78, 5) is 11.4. The van der Waals surface area contributed by atoms with Gasteiger partial charge in [-0.05, 0) is 40.0 Å². The van der Waals surface area contributed by atoms with Gasteiger partial charge in [0.25, 0.3) is 0 Å². The zero-order chi connectivity index (χ0) is 14.7. The van der Waals surface area contributed by atoms with Crippen molar-refractivity contribution in [3.8, 4) is 0 Å². The SMILES string of the molecule is CCCCC(I)CCCCCNC(=O)OC(C)(C)C. The van der Waals surface area contributed by atoms with Crippen molar-refractivity contribution in [1.29, 1.82) is 0 Å². The van der Waals surface area contributed by atoms with Gasteiger partial charge >= 0.3 is 6.09 Å². The molecule has 0 bridgehead atoms. The molecular formula is C15H30INO2. The number of alkyl carbamates (subject to hydrolysis) is 1. The summed E-state index contributed by atoms with van der Waals surface area (Å²) in [7, 11) is 0. The number of carbonyl (C=O) groups is 1. The van der Waals surface area contributed by atoms with Crippen molar-refractivity contribution >= 4 is 28.7 Å². The van der Waals surface area contributed by atoms with Crippen molar-refractivity contribution in [2.24, 2.45) is 0 Å². The maximum atomic E-state index is 11.4. The highest BCUT2D eigenvalue weighted by molar-refractivity contribution is 14.1. The molecule has 1 N–H and O–H groups in total. The van der Waals surface area contributed by atoms with E-state index in [-0.39, 0.29) is 6.09 Å². The van der Waals surface area contributed by atoms with E-state index in [4.69, 9.17) is 4.74 Å². The number of nitrogens with one attached hydrogen (secondary N) is 1. The van der Waals surface area contributed by atoms with Gasteiger partial charge in [-0.1, -0.05) is 55.2 Å². The summed E-state index contributed by atoms with van der Waals surface area (Å²) in [6.07, 6.45) is 8.44. The molecule has 0 aromatic heterocycles. The lowest BCUT2D eigenvalue weighted by Crippen LogP contribution is -2.32. The molecule has 1 amide bonds. The van der Waals surface area contributed by atoms with Crippen molar-refractivity contribution in [3.63, 3.8) is 0 Å². The molecule has 0 aliphatic carbocycles. The fourth-order valence-electron chi connectivity index (χ4n) is 1.74. The number of hydrogen-bond acceptors (Lipinski definition) is 2. The molecule has 4 heteroatoms. The van der Waals surface area contributed by atoms with E-state index in [1.807, 2.05) is 20.8 Å². The second-order valence-electron chi connectivity index (χ2n) is 6.02. The Hall–Kier alpha value is 0. The number of unbranched alkanes of at least 4 members (excludes halogenated alkanes) is 3. The normalized spacial score (nSPS) is 13.1. The van der Waals surface area contributed by atoms with E-state index in [9.17, 15) is 4.79 Å². The molecule has 0 aliphatic rings. The van der Waals surface area contributed by atoms with Crippen LogP contribution in [0.15, 0.2) is 0 Å². The van der Waals surface area contributed by atoms with Gasteiger partial charge in [0.15, 0.2) is 0 Å². The average molecular weight is 383 g/mol. The van der Waals surface area contributed by atoms with Crippen LogP contribution in [-0.2, 0) is 4.74 Å². The molecule has 0 fully saturated rings. The topological polar surface area (TPSA) is 38.3 Å². The number of alkyl halides is 1. The van der Waals surface area contributed by atoms with Gasteiger partial charge in [0.2, 0.25) is 0 Å². The Morgan fingerprint density at radius 3 is 2.37 bits per heavy atom. The minimum absolute atomic E-state index is 0.304. The van der Waals surface area contributed by atoms with Gasteiger partial charge in [-0.2, -0.15) is 0 Å². The number of halogens is 1. The highest BCUT2D eigenvalue weighted by Crippen LogP contribution is 2.17. The summed E-state index contributed by atoms with van der Waals surface area (Å²) in [6.45, 7) is 8.60. The van der Waals surface area contributed by atoms with E-state index in [0.29, 0.717) is 0 Å². The predicted octanol–water partition coefficient (Wildman–Crippen LogP) is 5.07. The Balaban J connectivity index is 3.38. The second kappa shape index (κ2) is 10.7. The predicted molar refractivity (Wildman–Crippen MR) is 90.0 cm³/mol. The van der Waals surface area contributed by atoms with Crippen molar-refractivity contribution in [1.82, 2.24) is 5.32 Å². The van der Waals surface area contributed by atoms with Gasteiger partial charge in [-0.3, -0.25) is 0 Å². The van der Waals surface area contributed by atoms with Crippen LogP contribution in [0.4, 0.5) is 4.79 Å². The standard InChI is InChI=1S/C15H30INO2/c1-5-6-10-13(16)11-8-7-9-12-17-14(18)19-15(2,3)4/h13H,5-12H2,1-4H3,(H,17,18). The van der Waals surface area contributed by atoms with Gasteiger partial charge in [-0.15, -0.1) is 0 Å². The molecule has 0 spiro atoms.